The third kappa shape index (κ3) is 3.84. The van der Waals surface area contributed by atoms with Crippen LogP contribution in [0.4, 0.5) is 5.69 Å². The first-order valence-corrected chi connectivity index (χ1v) is 10.1. The number of aromatic nitrogens is 4. The standard InChI is InChI=1S/C23H24N6/c1-2-5-18(6-3-1)15-25-20-8-9-22-23(26-27-29(22)17-20)21-7-4-14-28(21)16-19-10-12-24-13-11-19/h1-3,5-6,8-13,17,21,25H,4,7,14-16H2. The first-order chi connectivity index (χ1) is 14.4. The lowest BCUT2D eigenvalue weighted by molar-refractivity contribution is 0.245. The Morgan fingerprint density at radius 2 is 1.83 bits per heavy atom. The summed E-state index contributed by atoms with van der Waals surface area (Å²) in [7, 11) is 0. The van der Waals surface area contributed by atoms with E-state index in [1.807, 2.05) is 29.2 Å². The van der Waals surface area contributed by atoms with Crippen LogP contribution in [-0.2, 0) is 13.1 Å². The van der Waals surface area contributed by atoms with Crippen LogP contribution in [0, 0.1) is 0 Å². The van der Waals surface area contributed by atoms with Crippen molar-refractivity contribution in [3.05, 3.63) is 90.0 Å². The quantitative estimate of drug-likeness (QED) is 0.543. The monoisotopic (exact) mass is 384 g/mol. The van der Waals surface area contributed by atoms with Crippen LogP contribution in [0.15, 0.2) is 73.2 Å². The van der Waals surface area contributed by atoms with E-state index in [2.05, 4.69) is 74.0 Å². The summed E-state index contributed by atoms with van der Waals surface area (Å²) in [6.45, 7) is 2.79. The lowest BCUT2D eigenvalue weighted by Crippen LogP contribution is -2.23. The maximum absolute atomic E-state index is 4.56. The van der Waals surface area contributed by atoms with E-state index in [1.54, 1.807) is 0 Å². The Hall–Kier alpha value is -3.25. The van der Waals surface area contributed by atoms with Crippen LogP contribution >= 0.6 is 0 Å². The Morgan fingerprint density at radius 3 is 2.69 bits per heavy atom. The number of hydrogen-bond acceptors (Lipinski definition) is 5. The number of anilines is 1. The molecule has 3 aromatic heterocycles. The van der Waals surface area contributed by atoms with E-state index >= 15 is 0 Å². The molecular formula is C23H24N6. The molecule has 0 amide bonds. The lowest BCUT2D eigenvalue weighted by Gasteiger charge is -2.23. The summed E-state index contributed by atoms with van der Waals surface area (Å²) < 4.78 is 1.89. The van der Waals surface area contributed by atoms with Crippen molar-refractivity contribution in [3.63, 3.8) is 0 Å². The number of benzene rings is 1. The second-order valence-corrected chi connectivity index (χ2v) is 7.55. The Labute approximate surface area is 170 Å². The minimum absolute atomic E-state index is 0.309. The van der Waals surface area contributed by atoms with Crippen molar-refractivity contribution in [3.8, 4) is 0 Å². The van der Waals surface area contributed by atoms with Crippen molar-refractivity contribution in [2.45, 2.75) is 32.0 Å². The van der Waals surface area contributed by atoms with E-state index < -0.39 is 0 Å². The molecule has 146 valence electrons. The van der Waals surface area contributed by atoms with Gasteiger partial charge in [-0.2, -0.15) is 0 Å². The molecule has 1 atom stereocenters. The number of hydrogen-bond donors (Lipinski definition) is 1. The highest BCUT2D eigenvalue weighted by Crippen LogP contribution is 2.34. The molecule has 1 saturated heterocycles. The second-order valence-electron chi connectivity index (χ2n) is 7.55. The molecule has 6 heteroatoms. The van der Waals surface area contributed by atoms with Crippen molar-refractivity contribution in [2.75, 3.05) is 11.9 Å². The predicted octanol–water partition coefficient (Wildman–Crippen LogP) is 4.07. The fraction of sp³-hybridized carbons (Fsp3) is 0.261. The molecule has 4 heterocycles. The van der Waals surface area contributed by atoms with E-state index in [0.29, 0.717) is 6.04 Å². The Kier molecular flexibility index (Phi) is 4.92. The van der Waals surface area contributed by atoms with Crippen LogP contribution in [-0.4, -0.2) is 31.3 Å². The molecule has 0 bridgehead atoms. The molecule has 1 unspecified atom stereocenters. The highest BCUT2D eigenvalue weighted by molar-refractivity contribution is 5.57. The van der Waals surface area contributed by atoms with Crippen molar-refractivity contribution < 1.29 is 0 Å². The van der Waals surface area contributed by atoms with Gasteiger partial charge in [-0.1, -0.05) is 35.5 Å². The minimum Gasteiger partial charge on any atom is -0.380 e. The zero-order chi connectivity index (χ0) is 19.5. The highest BCUT2D eigenvalue weighted by Gasteiger charge is 2.29. The molecule has 4 aromatic rings. The zero-order valence-corrected chi connectivity index (χ0v) is 16.3. The van der Waals surface area contributed by atoms with Gasteiger partial charge in [-0.25, -0.2) is 4.52 Å². The smallest absolute Gasteiger partial charge is 0.108 e. The maximum atomic E-state index is 4.56. The van der Waals surface area contributed by atoms with Gasteiger partial charge in [-0.3, -0.25) is 9.88 Å². The molecule has 29 heavy (non-hydrogen) atoms. The van der Waals surface area contributed by atoms with Crippen molar-refractivity contribution in [1.29, 1.82) is 0 Å². The van der Waals surface area contributed by atoms with Gasteiger partial charge in [-0.05, 0) is 54.8 Å². The molecule has 5 rings (SSSR count). The molecule has 0 saturated carbocycles. The van der Waals surface area contributed by atoms with E-state index in [4.69, 9.17) is 0 Å². The zero-order valence-electron chi connectivity index (χ0n) is 16.3. The fourth-order valence-corrected chi connectivity index (χ4v) is 4.10. The van der Waals surface area contributed by atoms with Crippen LogP contribution in [0.5, 0.6) is 0 Å². The molecule has 1 fully saturated rings. The average Bonchev–Trinajstić information content (AvgIpc) is 3.40. The largest absolute Gasteiger partial charge is 0.380 e. The van der Waals surface area contributed by atoms with Crippen LogP contribution in [0.1, 0.15) is 35.7 Å². The minimum atomic E-state index is 0.309. The van der Waals surface area contributed by atoms with Crippen LogP contribution in [0.25, 0.3) is 5.52 Å². The molecule has 1 N–H and O–H groups in total. The summed E-state index contributed by atoms with van der Waals surface area (Å²) in [4.78, 5) is 6.62. The van der Waals surface area contributed by atoms with Crippen molar-refractivity contribution in [2.24, 2.45) is 0 Å². The van der Waals surface area contributed by atoms with Gasteiger partial charge < -0.3 is 5.32 Å². The number of nitrogens with zero attached hydrogens (tertiary/aromatic N) is 5. The Balaban J connectivity index is 1.34. The van der Waals surface area contributed by atoms with Gasteiger partial charge in [0.2, 0.25) is 0 Å². The summed E-state index contributed by atoms with van der Waals surface area (Å²) in [6.07, 6.45) is 8.05. The van der Waals surface area contributed by atoms with E-state index in [-0.39, 0.29) is 0 Å². The highest BCUT2D eigenvalue weighted by atomic mass is 15.4. The Bertz CT molecular complexity index is 1080. The summed E-state index contributed by atoms with van der Waals surface area (Å²) in [5.41, 5.74) is 5.74. The summed E-state index contributed by atoms with van der Waals surface area (Å²) in [5, 5.41) is 12.4. The Morgan fingerprint density at radius 1 is 0.966 bits per heavy atom. The van der Waals surface area contributed by atoms with E-state index in [9.17, 15) is 0 Å². The van der Waals surface area contributed by atoms with Gasteiger partial charge in [0.05, 0.1) is 23.4 Å². The van der Waals surface area contributed by atoms with Crippen LogP contribution in [0.2, 0.25) is 0 Å². The van der Waals surface area contributed by atoms with Gasteiger partial charge in [0.15, 0.2) is 0 Å². The first-order valence-electron chi connectivity index (χ1n) is 10.1. The van der Waals surface area contributed by atoms with E-state index in [1.165, 1.54) is 17.5 Å². The molecule has 0 radical (unpaired) electrons. The number of pyridine rings is 2. The number of nitrogens with one attached hydrogen (secondary N) is 1. The summed E-state index contributed by atoms with van der Waals surface area (Å²) in [6, 6.07) is 19.1. The second kappa shape index (κ2) is 8.01. The number of fused-ring (bicyclic) bond motifs is 1. The molecule has 6 nitrogen and oxygen atoms in total. The third-order valence-corrected chi connectivity index (χ3v) is 5.59. The molecule has 1 aromatic carbocycles. The maximum Gasteiger partial charge on any atom is 0.108 e. The van der Waals surface area contributed by atoms with Gasteiger partial charge in [0.25, 0.3) is 0 Å². The van der Waals surface area contributed by atoms with Gasteiger partial charge in [0, 0.05) is 25.5 Å². The number of likely N-dealkylation sites (tertiary alicyclic amines) is 1. The van der Waals surface area contributed by atoms with E-state index in [0.717, 1.165) is 43.0 Å². The third-order valence-electron chi connectivity index (χ3n) is 5.59. The topological polar surface area (TPSA) is 58.3 Å². The summed E-state index contributed by atoms with van der Waals surface area (Å²) >= 11 is 0. The SMILES string of the molecule is c1ccc(CNc2ccc3c(C4CCCN4Cc4ccncc4)nnn3c2)cc1. The molecule has 0 aliphatic carbocycles. The number of rotatable bonds is 6. The van der Waals surface area contributed by atoms with Gasteiger partial charge >= 0.3 is 0 Å². The molecule has 0 spiro atoms. The predicted molar refractivity (Wildman–Crippen MR) is 113 cm³/mol. The van der Waals surface area contributed by atoms with Crippen molar-refractivity contribution >= 4 is 11.2 Å². The fourth-order valence-electron chi connectivity index (χ4n) is 4.10. The lowest BCUT2D eigenvalue weighted by atomic mass is 10.1. The average molecular weight is 384 g/mol. The van der Waals surface area contributed by atoms with Gasteiger partial charge in [-0.15, -0.1) is 5.10 Å². The molecule has 1 aliphatic heterocycles. The van der Waals surface area contributed by atoms with Crippen molar-refractivity contribution in [1.82, 2.24) is 24.7 Å². The van der Waals surface area contributed by atoms with Gasteiger partial charge in [0.1, 0.15) is 5.69 Å². The van der Waals surface area contributed by atoms with Crippen LogP contribution < -0.4 is 5.32 Å². The normalized spacial score (nSPS) is 17.0. The first kappa shape index (κ1) is 17.8. The molecular weight excluding hydrogens is 360 g/mol. The summed E-state index contributed by atoms with van der Waals surface area (Å²) in [5.74, 6) is 0. The molecule has 1 aliphatic rings. The van der Waals surface area contributed by atoms with Crippen LogP contribution in [0.3, 0.4) is 0 Å².